The first-order chi connectivity index (χ1) is 17.5. The number of anilines is 1. The zero-order valence-electron chi connectivity index (χ0n) is 19.8. The molecule has 3 N–H and O–H groups in total. The fourth-order valence-corrected chi connectivity index (χ4v) is 3.05. The number of hydrogen-bond acceptors (Lipinski definition) is 5. The van der Waals surface area contributed by atoms with Gasteiger partial charge in [-0.3, -0.25) is 9.59 Å². The lowest BCUT2D eigenvalue weighted by molar-refractivity contribution is -0.274. The van der Waals surface area contributed by atoms with Crippen molar-refractivity contribution < 1.29 is 32.5 Å². The number of hydrogen-bond donors (Lipinski definition) is 3. The number of carbonyl (C=O) groups excluding carboxylic acids is 1. The van der Waals surface area contributed by atoms with E-state index in [1.165, 1.54) is 18.3 Å². The van der Waals surface area contributed by atoms with Crippen molar-refractivity contribution in [1.82, 2.24) is 4.98 Å². The molecule has 0 saturated heterocycles. The molecule has 0 spiro atoms. The average Bonchev–Trinajstić information content (AvgIpc) is 2.83. The normalized spacial score (nSPS) is 10.6. The number of nitrogens with one attached hydrogen (secondary N) is 2. The molecule has 37 heavy (non-hydrogen) atoms. The van der Waals surface area contributed by atoms with Crippen molar-refractivity contribution in [2.24, 2.45) is 0 Å². The summed E-state index contributed by atoms with van der Waals surface area (Å²) >= 11 is 0. The van der Waals surface area contributed by atoms with Gasteiger partial charge in [-0.15, -0.1) is 13.2 Å². The minimum atomic E-state index is -4.92. The molecule has 0 atom stereocenters. The van der Waals surface area contributed by atoms with Gasteiger partial charge in [0.15, 0.2) is 0 Å². The molecular formula is C27H23F3N2O5. The number of alkyl halides is 3. The molecule has 1 heterocycles. The van der Waals surface area contributed by atoms with Crippen molar-refractivity contribution in [3.8, 4) is 23.0 Å². The first-order valence-electron chi connectivity index (χ1n) is 10.9. The molecule has 0 saturated carbocycles. The van der Waals surface area contributed by atoms with Crippen LogP contribution in [-0.4, -0.2) is 22.4 Å². The van der Waals surface area contributed by atoms with Crippen LogP contribution in [0.1, 0.15) is 21.5 Å². The molecule has 0 aliphatic rings. The second-order valence-electron chi connectivity index (χ2n) is 7.76. The zero-order valence-corrected chi connectivity index (χ0v) is 19.8. The number of pyridine rings is 1. The predicted molar refractivity (Wildman–Crippen MR) is 132 cm³/mol. The highest BCUT2D eigenvalue weighted by molar-refractivity contribution is 6.06. The minimum absolute atomic E-state index is 0.0242. The number of aromatic nitrogens is 1. The first kappa shape index (κ1) is 26.9. The standard InChI is InChI=1S/C20H15F3N2O4.C7H8O/c1-12-4-2-3-5-16(12)28-17-7-6-14(29-20(21,22)23)11-15(17)19(27)25-13-8-9-24-18(26)10-13;1-6-4-2-3-5-7(6)8/h2-11H,1H3,(H2,24,25,26,27);2-5,8H,1H3. The Bertz CT molecular complexity index is 1410. The van der Waals surface area contributed by atoms with Gasteiger partial charge >= 0.3 is 6.36 Å². The Balaban J connectivity index is 0.000000405. The fraction of sp³-hybridized carbons (Fsp3) is 0.111. The maximum Gasteiger partial charge on any atom is 0.573 e. The number of phenols is 1. The van der Waals surface area contributed by atoms with Gasteiger partial charge in [0.2, 0.25) is 5.56 Å². The molecule has 1 aromatic heterocycles. The van der Waals surface area contributed by atoms with Crippen molar-refractivity contribution in [3.05, 3.63) is 112 Å². The molecule has 0 aliphatic heterocycles. The summed E-state index contributed by atoms with van der Waals surface area (Å²) in [4.78, 5) is 26.5. The average molecular weight is 512 g/mol. The number of aryl methyl sites for hydroxylation is 2. The van der Waals surface area contributed by atoms with E-state index in [9.17, 15) is 22.8 Å². The maximum absolute atomic E-state index is 12.7. The van der Waals surface area contributed by atoms with Crippen molar-refractivity contribution in [1.29, 1.82) is 0 Å². The number of carbonyl (C=O) groups is 1. The Labute approximate surface area is 210 Å². The van der Waals surface area contributed by atoms with E-state index in [-0.39, 0.29) is 17.0 Å². The predicted octanol–water partition coefficient (Wildman–Crippen LogP) is 6.33. The van der Waals surface area contributed by atoms with Crippen LogP contribution in [0.5, 0.6) is 23.0 Å². The summed E-state index contributed by atoms with van der Waals surface area (Å²) < 4.78 is 47.4. The third-order valence-electron chi connectivity index (χ3n) is 4.89. The molecule has 0 radical (unpaired) electrons. The molecule has 4 rings (SSSR count). The Kier molecular flexibility index (Phi) is 8.57. The van der Waals surface area contributed by atoms with E-state index in [0.29, 0.717) is 11.5 Å². The first-order valence-corrected chi connectivity index (χ1v) is 10.9. The van der Waals surface area contributed by atoms with E-state index >= 15 is 0 Å². The van der Waals surface area contributed by atoms with E-state index in [2.05, 4.69) is 15.0 Å². The van der Waals surface area contributed by atoms with Crippen LogP contribution < -0.4 is 20.3 Å². The number of amides is 1. The van der Waals surface area contributed by atoms with Crippen molar-refractivity contribution in [3.63, 3.8) is 0 Å². The fourth-order valence-electron chi connectivity index (χ4n) is 3.05. The SMILES string of the molecule is Cc1ccccc1O.Cc1ccccc1Oc1ccc(OC(F)(F)F)cc1C(=O)Nc1cc[nH]c(=O)c1. The smallest absolute Gasteiger partial charge is 0.508 e. The molecule has 192 valence electrons. The third-order valence-corrected chi connectivity index (χ3v) is 4.89. The van der Waals surface area contributed by atoms with E-state index in [4.69, 9.17) is 9.84 Å². The van der Waals surface area contributed by atoms with Crippen LogP contribution in [0.15, 0.2) is 89.9 Å². The van der Waals surface area contributed by atoms with Crippen LogP contribution in [0, 0.1) is 13.8 Å². The van der Waals surface area contributed by atoms with Gasteiger partial charge in [0, 0.05) is 18.0 Å². The van der Waals surface area contributed by atoms with Crippen molar-refractivity contribution in [2.45, 2.75) is 20.2 Å². The summed E-state index contributed by atoms with van der Waals surface area (Å²) in [5.41, 5.74) is 1.21. The lowest BCUT2D eigenvalue weighted by Crippen LogP contribution is -2.19. The topological polar surface area (TPSA) is 101 Å². The summed E-state index contributed by atoms with van der Waals surface area (Å²) in [7, 11) is 0. The number of halogens is 3. The Morgan fingerprint density at radius 2 is 1.57 bits per heavy atom. The van der Waals surface area contributed by atoms with Crippen molar-refractivity contribution >= 4 is 11.6 Å². The molecule has 0 fully saturated rings. The minimum Gasteiger partial charge on any atom is -0.508 e. The Hall–Kier alpha value is -4.73. The number of aromatic amines is 1. The van der Waals surface area contributed by atoms with Crippen LogP contribution in [0.3, 0.4) is 0 Å². The van der Waals surface area contributed by atoms with Crippen LogP contribution in [0.4, 0.5) is 18.9 Å². The quantitative estimate of drug-likeness (QED) is 0.290. The lowest BCUT2D eigenvalue weighted by atomic mass is 10.1. The summed E-state index contributed by atoms with van der Waals surface area (Å²) in [6, 6.07) is 20.0. The highest BCUT2D eigenvalue weighted by atomic mass is 19.4. The van der Waals surface area contributed by atoms with Crippen LogP contribution >= 0.6 is 0 Å². The molecule has 0 aliphatic carbocycles. The molecule has 10 heteroatoms. The monoisotopic (exact) mass is 512 g/mol. The van der Waals surface area contributed by atoms with Gasteiger partial charge in [0.25, 0.3) is 5.91 Å². The van der Waals surface area contributed by atoms with Crippen LogP contribution in [0.2, 0.25) is 0 Å². The van der Waals surface area contributed by atoms with Gasteiger partial charge in [-0.2, -0.15) is 0 Å². The third kappa shape index (κ3) is 8.17. The Morgan fingerprint density at radius 1 is 0.892 bits per heavy atom. The highest BCUT2D eigenvalue weighted by Gasteiger charge is 2.31. The van der Waals surface area contributed by atoms with E-state index in [0.717, 1.165) is 29.3 Å². The van der Waals surface area contributed by atoms with Crippen LogP contribution in [0.25, 0.3) is 0 Å². The molecule has 1 amide bonds. The number of rotatable bonds is 5. The zero-order chi connectivity index (χ0) is 27.0. The van der Waals surface area contributed by atoms with Crippen LogP contribution in [-0.2, 0) is 0 Å². The largest absolute Gasteiger partial charge is 0.573 e. The van der Waals surface area contributed by atoms with Gasteiger partial charge in [-0.25, -0.2) is 0 Å². The number of benzene rings is 3. The molecule has 4 aromatic rings. The van der Waals surface area contributed by atoms with Gasteiger partial charge in [-0.05, 0) is 61.4 Å². The summed E-state index contributed by atoms with van der Waals surface area (Å²) in [5, 5.41) is 11.4. The Morgan fingerprint density at radius 3 is 2.16 bits per heavy atom. The van der Waals surface area contributed by atoms with E-state index in [1.807, 2.05) is 25.1 Å². The molecule has 0 unspecified atom stereocenters. The second-order valence-corrected chi connectivity index (χ2v) is 7.76. The van der Waals surface area contributed by atoms with E-state index < -0.39 is 23.6 Å². The number of ether oxygens (including phenoxy) is 2. The molecule has 0 bridgehead atoms. The number of para-hydroxylation sites is 2. The number of H-pyrrole nitrogens is 1. The molecular weight excluding hydrogens is 489 g/mol. The number of aromatic hydroxyl groups is 1. The van der Waals surface area contributed by atoms with Gasteiger partial charge in [0.1, 0.15) is 23.0 Å². The van der Waals surface area contributed by atoms with Gasteiger partial charge in [0.05, 0.1) is 5.56 Å². The van der Waals surface area contributed by atoms with Crippen molar-refractivity contribution in [2.75, 3.05) is 5.32 Å². The molecule has 7 nitrogen and oxygen atoms in total. The summed E-state index contributed by atoms with van der Waals surface area (Å²) in [6.07, 6.45) is -3.59. The maximum atomic E-state index is 12.7. The van der Waals surface area contributed by atoms with Gasteiger partial charge < -0.3 is 24.9 Å². The highest BCUT2D eigenvalue weighted by Crippen LogP contribution is 2.33. The van der Waals surface area contributed by atoms with E-state index in [1.54, 1.807) is 37.3 Å². The number of phenolic OH excluding ortho intramolecular Hbond substituents is 1. The molecule has 3 aromatic carbocycles. The summed E-state index contributed by atoms with van der Waals surface area (Å²) in [6.45, 7) is 3.65. The van der Waals surface area contributed by atoms with Gasteiger partial charge in [-0.1, -0.05) is 36.4 Å². The summed E-state index contributed by atoms with van der Waals surface area (Å²) in [5.74, 6) is -0.525. The lowest BCUT2D eigenvalue weighted by Gasteiger charge is -2.15. The second kappa shape index (κ2) is 11.8.